The van der Waals surface area contributed by atoms with E-state index in [4.69, 9.17) is 0 Å². The molecule has 0 aliphatic heterocycles. The van der Waals surface area contributed by atoms with Crippen molar-refractivity contribution < 1.29 is 4.57 Å². The summed E-state index contributed by atoms with van der Waals surface area (Å²) in [4.78, 5) is 0. The molecule has 0 N–H and O–H groups in total. The van der Waals surface area contributed by atoms with E-state index in [1.165, 1.54) is 44.8 Å². The molecule has 1 nitrogen and oxygen atoms in total. The Morgan fingerprint density at radius 3 is 1.97 bits per heavy atom. The van der Waals surface area contributed by atoms with Gasteiger partial charge in [0.1, 0.15) is 0 Å². The third-order valence-corrected chi connectivity index (χ3v) is 6.46. The highest BCUT2D eigenvalue weighted by Crippen LogP contribution is 2.39. The molecule has 0 bridgehead atoms. The average Bonchev–Trinajstić information content (AvgIpc) is 2.83. The fraction of sp³-hybridized carbons (Fsp3) is 0.207. The van der Waals surface area contributed by atoms with Gasteiger partial charge in [-0.3, -0.25) is 0 Å². The number of fused-ring (bicyclic) bond motifs is 3. The summed E-state index contributed by atoms with van der Waals surface area (Å²) in [6.07, 6.45) is 3.30. The van der Waals surface area contributed by atoms with Crippen molar-refractivity contribution >= 4 is 0 Å². The highest BCUT2D eigenvalue weighted by atomic mass is 15.0. The van der Waals surface area contributed by atoms with Crippen molar-refractivity contribution in [2.45, 2.75) is 39.2 Å². The molecule has 1 heteroatoms. The molecule has 0 saturated heterocycles. The monoisotopic (exact) mass is 390 g/mol. The summed E-state index contributed by atoms with van der Waals surface area (Å²) in [5, 5.41) is 0. The Labute approximate surface area is 179 Å². The Morgan fingerprint density at radius 2 is 1.27 bits per heavy atom. The minimum atomic E-state index is 0.406. The van der Waals surface area contributed by atoms with Crippen LogP contribution in [-0.4, -0.2) is 0 Å². The van der Waals surface area contributed by atoms with Gasteiger partial charge in [0.25, 0.3) is 0 Å². The van der Waals surface area contributed by atoms with Gasteiger partial charge in [-0.2, -0.15) is 4.57 Å². The summed E-state index contributed by atoms with van der Waals surface area (Å²) in [5.74, 6) is 0. The van der Waals surface area contributed by atoms with Crippen molar-refractivity contribution in [3.63, 3.8) is 0 Å². The van der Waals surface area contributed by atoms with Crippen LogP contribution in [0, 0.1) is 0 Å². The Morgan fingerprint density at radius 1 is 0.667 bits per heavy atom. The van der Waals surface area contributed by atoms with Crippen molar-refractivity contribution in [2.75, 3.05) is 0 Å². The van der Waals surface area contributed by atoms with Gasteiger partial charge >= 0.3 is 0 Å². The zero-order chi connectivity index (χ0) is 20.5. The number of nitrogens with zero attached hydrogens (tertiary/aromatic N) is 1. The first-order valence-electron chi connectivity index (χ1n) is 11.1. The quantitative estimate of drug-likeness (QED) is 0.329. The van der Waals surface area contributed by atoms with Gasteiger partial charge in [-0.05, 0) is 55.2 Å². The number of rotatable bonds is 4. The zero-order valence-electron chi connectivity index (χ0n) is 17.8. The van der Waals surface area contributed by atoms with E-state index in [0.29, 0.717) is 6.04 Å². The molecule has 0 saturated carbocycles. The number of benzene rings is 3. The number of aryl methyl sites for hydroxylation is 2. The van der Waals surface area contributed by atoms with Crippen LogP contribution in [0.25, 0.3) is 33.6 Å². The molecular weight excluding hydrogens is 362 g/mol. The number of hydrogen-bond acceptors (Lipinski definition) is 0. The van der Waals surface area contributed by atoms with E-state index < -0.39 is 0 Å². The number of hydrogen-bond donors (Lipinski definition) is 0. The van der Waals surface area contributed by atoms with Gasteiger partial charge in [-0.15, -0.1) is 0 Å². The Hall–Kier alpha value is -3.19. The smallest absolute Gasteiger partial charge is 0.188 e. The van der Waals surface area contributed by atoms with Crippen LogP contribution in [0.4, 0.5) is 0 Å². The van der Waals surface area contributed by atoms with Crippen LogP contribution in [0.3, 0.4) is 0 Å². The van der Waals surface area contributed by atoms with Crippen molar-refractivity contribution in [1.82, 2.24) is 0 Å². The normalized spacial score (nSPS) is 13.4. The van der Waals surface area contributed by atoms with E-state index in [1.54, 1.807) is 0 Å². The topological polar surface area (TPSA) is 3.88 Å². The molecule has 148 valence electrons. The molecule has 30 heavy (non-hydrogen) atoms. The zero-order valence-corrected chi connectivity index (χ0v) is 17.8. The predicted octanol–water partition coefficient (Wildman–Crippen LogP) is 7.04. The van der Waals surface area contributed by atoms with E-state index >= 15 is 0 Å². The first-order chi connectivity index (χ1) is 14.8. The average molecular weight is 391 g/mol. The molecule has 1 atom stereocenters. The van der Waals surface area contributed by atoms with Gasteiger partial charge in [0.05, 0.1) is 5.56 Å². The van der Waals surface area contributed by atoms with Gasteiger partial charge in [-0.1, -0.05) is 73.7 Å². The van der Waals surface area contributed by atoms with Gasteiger partial charge in [-0.25, -0.2) is 0 Å². The Balaban J connectivity index is 1.92. The highest BCUT2D eigenvalue weighted by molar-refractivity contribution is 5.82. The van der Waals surface area contributed by atoms with Gasteiger partial charge < -0.3 is 0 Å². The molecule has 3 aromatic carbocycles. The summed E-state index contributed by atoms with van der Waals surface area (Å²) in [6, 6.07) is 33.6. The molecule has 1 aliphatic rings. The first kappa shape index (κ1) is 18.8. The van der Waals surface area contributed by atoms with Crippen LogP contribution < -0.4 is 4.57 Å². The molecule has 1 unspecified atom stereocenters. The van der Waals surface area contributed by atoms with Crippen molar-refractivity contribution in [1.29, 1.82) is 0 Å². The number of aromatic nitrogens is 1. The molecule has 1 heterocycles. The van der Waals surface area contributed by atoms with Crippen LogP contribution >= 0.6 is 0 Å². The Kier molecular flexibility index (Phi) is 4.96. The SMILES string of the molecule is CCC(C)[n+]1c2c(cc(-c3ccccc3)c1-c1ccccc1)CCc1ccccc1-2. The van der Waals surface area contributed by atoms with Crippen molar-refractivity contribution in [2.24, 2.45) is 0 Å². The van der Waals surface area contributed by atoms with E-state index in [-0.39, 0.29) is 0 Å². The molecule has 0 radical (unpaired) electrons. The van der Waals surface area contributed by atoms with Crippen LogP contribution in [0.5, 0.6) is 0 Å². The molecule has 0 spiro atoms. The summed E-state index contributed by atoms with van der Waals surface area (Å²) in [6.45, 7) is 4.65. The standard InChI is InChI=1S/C29H28N/c1-3-21(2)30-28(24-15-8-5-9-16-24)27(22-12-6-4-7-13-22)20-25-19-18-23-14-10-11-17-26(23)29(25)30/h4-17,20-21H,3,18-19H2,1-2H3/q+1. The maximum absolute atomic E-state index is 2.63. The van der Waals surface area contributed by atoms with Gasteiger partial charge in [0, 0.05) is 23.1 Å². The lowest BCUT2D eigenvalue weighted by Crippen LogP contribution is -2.44. The first-order valence-corrected chi connectivity index (χ1v) is 11.1. The van der Waals surface area contributed by atoms with Crippen LogP contribution in [0.1, 0.15) is 37.4 Å². The minimum absolute atomic E-state index is 0.406. The molecule has 4 aromatic rings. The van der Waals surface area contributed by atoms with E-state index in [1.807, 2.05) is 0 Å². The predicted molar refractivity (Wildman–Crippen MR) is 125 cm³/mol. The van der Waals surface area contributed by atoms with Gasteiger partial charge in [0.15, 0.2) is 6.04 Å². The van der Waals surface area contributed by atoms with Gasteiger partial charge in [0.2, 0.25) is 11.4 Å². The van der Waals surface area contributed by atoms with E-state index in [9.17, 15) is 0 Å². The molecule has 0 fully saturated rings. The lowest BCUT2D eigenvalue weighted by Gasteiger charge is -2.24. The summed E-state index contributed by atoms with van der Waals surface area (Å²) in [7, 11) is 0. The molecular formula is C29H28N+. The fourth-order valence-electron chi connectivity index (χ4n) is 4.79. The van der Waals surface area contributed by atoms with E-state index in [2.05, 4.69) is 109 Å². The fourth-order valence-corrected chi connectivity index (χ4v) is 4.79. The maximum Gasteiger partial charge on any atom is 0.221 e. The maximum atomic E-state index is 2.63. The lowest BCUT2D eigenvalue weighted by atomic mass is 9.85. The lowest BCUT2D eigenvalue weighted by molar-refractivity contribution is -0.699. The van der Waals surface area contributed by atoms with Crippen molar-refractivity contribution in [3.05, 3.63) is 102 Å². The van der Waals surface area contributed by atoms with Crippen LogP contribution in [0.2, 0.25) is 0 Å². The summed E-state index contributed by atoms with van der Waals surface area (Å²) >= 11 is 0. The second-order valence-electron chi connectivity index (χ2n) is 8.30. The second-order valence-corrected chi connectivity index (χ2v) is 8.30. The van der Waals surface area contributed by atoms with Crippen molar-refractivity contribution in [3.8, 4) is 33.6 Å². The second kappa shape index (κ2) is 7.91. The highest BCUT2D eigenvalue weighted by Gasteiger charge is 2.34. The molecule has 5 rings (SSSR count). The third-order valence-electron chi connectivity index (χ3n) is 6.46. The third kappa shape index (κ3) is 3.15. The molecule has 1 aromatic heterocycles. The molecule has 0 amide bonds. The largest absolute Gasteiger partial charge is 0.221 e. The van der Waals surface area contributed by atoms with E-state index in [0.717, 1.165) is 19.3 Å². The van der Waals surface area contributed by atoms with Crippen LogP contribution in [-0.2, 0) is 12.8 Å². The summed E-state index contributed by atoms with van der Waals surface area (Å²) < 4.78 is 2.63. The Bertz CT molecular complexity index is 1180. The minimum Gasteiger partial charge on any atom is -0.188 e. The number of pyridine rings is 1. The molecule has 1 aliphatic carbocycles. The summed E-state index contributed by atoms with van der Waals surface area (Å²) in [5.41, 5.74) is 11.0. The van der Waals surface area contributed by atoms with Crippen LogP contribution in [0.15, 0.2) is 91.0 Å².